The van der Waals surface area contributed by atoms with Gasteiger partial charge in [0.1, 0.15) is 23.8 Å². The summed E-state index contributed by atoms with van der Waals surface area (Å²) in [6.45, 7) is 4.01. The van der Waals surface area contributed by atoms with Gasteiger partial charge in [-0.25, -0.2) is 0 Å². The minimum atomic E-state index is -1.55. The van der Waals surface area contributed by atoms with Crippen LogP contribution in [0.15, 0.2) is 72.9 Å². The predicted octanol–water partition coefficient (Wildman–Crippen LogP) is 4.92. The first kappa shape index (κ1) is 24.8. The van der Waals surface area contributed by atoms with Gasteiger partial charge in [-0.05, 0) is 60.9 Å². The molecule has 4 rings (SSSR count). The van der Waals surface area contributed by atoms with E-state index in [4.69, 9.17) is 9.47 Å². The zero-order valence-corrected chi connectivity index (χ0v) is 20.6. The Morgan fingerprint density at radius 3 is 2.64 bits per heavy atom. The number of nitriles is 1. The van der Waals surface area contributed by atoms with Gasteiger partial charge in [-0.2, -0.15) is 5.26 Å². The number of aliphatic hydroxyl groups is 1. The van der Waals surface area contributed by atoms with Crippen LogP contribution in [0.5, 0.6) is 11.5 Å². The lowest BCUT2D eigenvalue weighted by atomic mass is 10.00. The second kappa shape index (κ2) is 10.5. The highest BCUT2D eigenvalue weighted by atomic mass is 16.5. The maximum Gasteiger partial charge on any atom is 0.257 e. The van der Waals surface area contributed by atoms with Crippen LogP contribution in [-0.4, -0.2) is 35.0 Å². The van der Waals surface area contributed by atoms with Crippen molar-refractivity contribution >= 4 is 16.8 Å². The van der Waals surface area contributed by atoms with Crippen LogP contribution < -0.4 is 14.8 Å². The van der Waals surface area contributed by atoms with E-state index in [0.717, 1.165) is 27.6 Å². The largest absolute Gasteiger partial charge is 0.497 e. The smallest absolute Gasteiger partial charge is 0.257 e. The van der Waals surface area contributed by atoms with Crippen molar-refractivity contribution in [2.24, 2.45) is 0 Å². The molecular formula is C29H29N3O4. The summed E-state index contributed by atoms with van der Waals surface area (Å²) in [6, 6.07) is 22.8. The highest BCUT2D eigenvalue weighted by Gasteiger charge is 2.27. The summed E-state index contributed by atoms with van der Waals surface area (Å²) in [4.78, 5) is 13.4. The molecule has 0 fully saturated rings. The minimum absolute atomic E-state index is 0.164. The van der Waals surface area contributed by atoms with Crippen molar-refractivity contribution < 1.29 is 19.4 Å². The number of carbonyl (C=O) groups is 1. The van der Waals surface area contributed by atoms with Crippen LogP contribution in [-0.2, 0) is 13.0 Å². The second-order valence-corrected chi connectivity index (χ2v) is 8.74. The quantitative estimate of drug-likeness (QED) is 0.330. The third-order valence-electron chi connectivity index (χ3n) is 5.96. The van der Waals surface area contributed by atoms with E-state index in [0.29, 0.717) is 23.7 Å². The summed E-state index contributed by atoms with van der Waals surface area (Å²) >= 11 is 0. The van der Waals surface area contributed by atoms with Gasteiger partial charge >= 0.3 is 0 Å². The van der Waals surface area contributed by atoms with Crippen LogP contribution in [0.4, 0.5) is 0 Å². The summed E-state index contributed by atoms with van der Waals surface area (Å²) in [5, 5.41) is 24.1. The van der Waals surface area contributed by atoms with Gasteiger partial charge in [-0.1, -0.05) is 36.4 Å². The van der Waals surface area contributed by atoms with Crippen LogP contribution in [0.2, 0.25) is 0 Å². The first-order valence-corrected chi connectivity index (χ1v) is 11.7. The maximum atomic E-state index is 13.4. The number of aromatic nitrogens is 1. The lowest BCUT2D eigenvalue weighted by Crippen LogP contribution is -2.47. The Morgan fingerprint density at radius 2 is 1.89 bits per heavy atom. The molecule has 0 saturated carbocycles. The number of fused-ring (bicyclic) bond motifs is 1. The lowest BCUT2D eigenvalue weighted by molar-refractivity contribution is 0.0234. The minimum Gasteiger partial charge on any atom is -0.497 e. The molecule has 2 N–H and O–H groups in total. The molecule has 0 aliphatic heterocycles. The molecule has 3 aromatic carbocycles. The number of amides is 1. The van der Waals surface area contributed by atoms with Crippen LogP contribution >= 0.6 is 0 Å². The number of ether oxygens (including phenoxy) is 2. The van der Waals surface area contributed by atoms with Gasteiger partial charge in [0.15, 0.2) is 0 Å². The van der Waals surface area contributed by atoms with Crippen LogP contribution in [0.25, 0.3) is 22.0 Å². The molecule has 0 saturated heterocycles. The molecule has 1 aromatic heterocycles. The first-order chi connectivity index (χ1) is 17.3. The second-order valence-electron chi connectivity index (χ2n) is 8.74. The molecule has 0 radical (unpaired) electrons. The number of nitrogens with one attached hydrogen (secondary N) is 1. The summed E-state index contributed by atoms with van der Waals surface area (Å²) in [5.41, 5.74) is 2.23. The van der Waals surface area contributed by atoms with E-state index >= 15 is 0 Å². The molecule has 0 spiro atoms. The molecule has 184 valence electrons. The number of hydrogen-bond donors (Lipinski definition) is 2. The summed E-state index contributed by atoms with van der Waals surface area (Å²) in [5.74, 6) is 0.697. The Hall–Kier alpha value is -4.28. The zero-order valence-electron chi connectivity index (χ0n) is 20.6. The Bertz CT molecular complexity index is 1430. The van der Waals surface area contributed by atoms with Crippen LogP contribution in [0.3, 0.4) is 0 Å². The molecule has 1 heterocycles. The van der Waals surface area contributed by atoms with Crippen molar-refractivity contribution in [3.8, 4) is 28.7 Å². The van der Waals surface area contributed by atoms with Crippen molar-refractivity contribution in [2.45, 2.75) is 32.5 Å². The normalized spacial score (nSPS) is 12.5. The van der Waals surface area contributed by atoms with E-state index in [2.05, 4.69) is 11.4 Å². The van der Waals surface area contributed by atoms with Crippen molar-refractivity contribution in [1.29, 1.82) is 5.26 Å². The number of para-hydroxylation sites is 1. The molecule has 0 unspecified atom stereocenters. The SMILES string of the molecule is CCOc1ccc(-c2cccc(OC)c2)cc1C(=O)N[C@](C)(O)Cc1cn(CC#N)c2ccccc12. The molecule has 36 heavy (non-hydrogen) atoms. The summed E-state index contributed by atoms with van der Waals surface area (Å²) in [7, 11) is 1.61. The molecule has 7 heteroatoms. The van der Waals surface area contributed by atoms with Gasteiger partial charge in [0, 0.05) is 23.5 Å². The average Bonchev–Trinajstić information content (AvgIpc) is 3.20. The van der Waals surface area contributed by atoms with Crippen molar-refractivity contribution in [3.05, 3.63) is 84.1 Å². The highest BCUT2D eigenvalue weighted by molar-refractivity contribution is 5.98. The number of hydrogen-bond acceptors (Lipinski definition) is 5. The summed E-state index contributed by atoms with van der Waals surface area (Å²) < 4.78 is 12.9. The molecule has 0 aliphatic rings. The van der Waals surface area contributed by atoms with Crippen molar-refractivity contribution in [3.63, 3.8) is 0 Å². The van der Waals surface area contributed by atoms with Gasteiger partial charge in [0.25, 0.3) is 5.91 Å². The number of carbonyl (C=O) groups excluding carboxylic acids is 1. The molecule has 4 aromatic rings. The number of rotatable bonds is 9. The van der Waals surface area contributed by atoms with Gasteiger partial charge < -0.3 is 24.5 Å². The molecular weight excluding hydrogens is 454 g/mol. The Balaban J connectivity index is 1.63. The summed E-state index contributed by atoms with van der Waals surface area (Å²) in [6.07, 6.45) is 2.01. The van der Waals surface area contributed by atoms with E-state index in [1.807, 2.05) is 72.3 Å². The topological polar surface area (TPSA) is 96.5 Å². The Morgan fingerprint density at radius 1 is 1.11 bits per heavy atom. The van der Waals surface area contributed by atoms with Gasteiger partial charge in [-0.15, -0.1) is 0 Å². The van der Waals surface area contributed by atoms with Gasteiger partial charge in [0.05, 0.1) is 25.3 Å². The van der Waals surface area contributed by atoms with Crippen molar-refractivity contribution in [2.75, 3.05) is 13.7 Å². The maximum absolute atomic E-state index is 13.4. The van der Waals surface area contributed by atoms with E-state index < -0.39 is 11.6 Å². The van der Waals surface area contributed by atoms with Crippen molar-refractivity contribution in [1.82, 2.24) is 9.88 Å². The van der Waals surface area contributed by atoms with Crippen LogP contribution in [0.1, 0.15) is 29.8 Å². The van der Waals surface area contributed by atoms with E-state index in [1.165, 1.54) is 0 Å². The van der Waals surface area contributed by atoms with Crippen LogP contribution in [0, 0.1) is 11.3 Å². The fourth-order valence-corrected chi connectivity index (χ4v) is 4.37. The Kier molecular flexibility index (Phi) is 7.28. The van der Waals surface area contributed by atoms with Gasteiger partial charge in [0.2, 0.25) is 0 Å². The standard InChI is InChI=1S/C29H29N3O4/c1-4-36-27-13-12-21(20-8-7-9-23(16-20)35-3)17-25(27)28(33)31-29(2,34)18-22-19-32(15-14-30)26-11-6-5-10-24(22)26/h5-13,16-17,19,34H,4,15,18H2,1-3H3,(H,31,33)/t29-/m1/s1. The Labute approximate surface area is 210 Å². The molecule has 1 amide bonds. The number of methoxy groups -OCH3 is 1. The first-order valence-electron chi connectivity index (χ1n) is 11.7. The monoisotopic (exact) mass is 483 g/mol. The third kappa shape index (κ3) is 5.35. The van der Waals surface area contributed by atoms with Gasteiger partial charge in [-0.3, -0.25) is 4.79 Å². The zero-order chi connectivity index (χ0) is 25.7. The van der Waals surface area contributed by atoms with E-state index in [1.54, 1.807) is 26.2 Å². The highest BCUT2D eigenvalue weighted by Crippen LogP contribution is 2.30. The van der Waals surface area contributed by atoms with E-state index in [9.17, 15) is 15.2 Å². The molecule has 7 nitrogen and oxygen atoms in total. The third-order valence-corrected chi connectivity index (χ3v) is 5.96. The lowest BCUT2D eigenvalue weighted by Gasteiger charge is -2.25. The number of benzene rings is 3. The molecule has 0 aliphatic carbocycles. The molecule has 0 bridgehead atoms. The predicted molar refractivity (Wildman–Crippen MR) is 139 cm³/mol. The fourth-order valence-electron chi connectivity index (χ4n) is 4.37. The molecule has 1 atom stereocenters. The average molecular weight is 484 g/mol. The fraction of sp³-hybridized carbons (Fsp3) is 0.241. The number of nitrogens with zero attached hydrogens (tertiary/aromatic N) is 2. The van der Waals surface area contributed by atoms with E-state index in [-0.39, 0.29) is 13.0 Å².